The largest absolute Gasteiger partial charge is 0.456 e. The van der Waals surface area contributed by atoms with E-state index in [1.165, 1.54) is 0 Å². The van der Waals surface area contributed by atoms with Crippen molar-refractivity contribution in [1.29, 1.82) is 0 Å². The summed E-state index contributed by atoms with van der Waals surface area (Å²) in [5.74, 6) is 0. The maximum atomic E-state index is 9.43. The highest BCUT2D eigenvalue weighted by Gasteiger charge is 2.17. The summed E-state index contributed by atoms with van der Waals surface area (Å²) in [6.07, 6.45) is 0. The molecule has 0 aliphatic heterocycles. The number of benzene rings is 8. The molecule has 0 N–H and O–H groups in total. The number of rotatable bonds is 3. The number of furan rings is 1. The second kappa shape index (κ2) is 9.44. The molecule has 1 nitrogen and oxygen atoms in total. The molecule has 0 aliphatic rings. The first kappa shape index (κ1) is 15.5. The predicted octanol–water partition coefficient (Wildman–Crippen LogP) is 12.0. The molecule has 1 aromatic heterocycles. The van der Waals surface area contributed by atoms with Gasteiger partial charge in [-0.15, -0.1) is 0 Å². The van der Waals surface area contributed by atoms with Crippen molar-refractivity contribution in [2.45, 2.75) is 0 Å². The third-order valence-electron chi connectivity index (χ3n) is 8.03. The maximum Gasteiger partial charge on any atom is 0.136 e. The predicted molar refractivity (Wildman–Crippen MR) is 183 cm³/mol. The highest BCUT2D eigenvalue weighted by Crippen LogP contribution is 2.45. The van der Waals surface area contributed by atoms with Crippen molar-refractivity contribution in [3.05, 3.63) is 157 Å². The van der Waals surface area contributed by atoms with Crippen molar-refractivity contribution in [2.24, 2.45) is 0 Å². The van der Waals surface area contributed by atoms with Gasteiger partial charge in [0.1, 0.15) is 11.2 Å². The van der Waals surface area contributed by atoms with E-state index in [4.69, 9.17) is 11.3 Å². The first-order chi connectivity index (χ1) is 25.9. The van der Waals surface area contributed by atoms with Crippen molar-refractivity contribution < 1.29 is 19.5 Å². The van der Waals surface area contributed by atoms with E-state index in [0.717, 1.165) is 21.9 Å². The lowest BCUT2D eigenvalue weighted by Gasteiger charge is -2.18. The van der Waals surface area contributed by atoms with Crippen LogP contribution in [-0.4, -0.2) is 0 Å². The van der Waals surface area contributed by atoms with Crippen LogP contribution in [0.1, 0.15) is 15.1 Å². The topological polar surface area (TPSA) is 13.1 Å². The lowest BCUT2D eigenvalue weighted by molar-refractivity contribution is 0.669. The van der Waals surface area contributed by atoms with E-state index < -0.39 is 54.4 Å². The van der Waals surface area contributed by atoms with Gasteiger partial charge < -0.3 is 4.42 Å². The van der Waals surface area contributed by atoms with E-state index in [2.05, 4.69) is 6.07 Å². The lowest BCUT2D eigenvalue weighted by Crippen LogP contribution is -1.91. The molecule has 0 spiro atoms. The molecule has 8 aromatic carbocycles. The van der Waals surface area contributed by atoms with Crippen LogP contribution in [-0.2, 0) is 0 Å². The summed E-state index contributed by atoms with van der Waals surface area (Å²) in [6.45, 7) is 0. The molecule has 1 heterocycles. The van der Waals surface area contributed by atoms with E-state index in [0.29, 0.717) is 16.5 Å². The Hall–Kier alpha value is -5.66. The number of fused-ring (bicyclic) bond motifs is 6. The minimum Gasteiger partial charge on any atom is -0.456 e. The third-order valence-corrected chi connectivity index (χ3v) is 8.03. The van der Waals surface area contributed by atoms with Gasteiger partial charge >= 0.3 is 0 Å². The van der Waals surface area contributed by atoms with E-state index in [-0.39, 0.29) is 61.3 Å². The van der Waals surface area contributed by atoms with E-state index in [1.54, 1.807) is 36.4 Å². The fourth-order valence-corrected chi connectivity index (χ4v) is 6.01. The Morgan fingerprint density at radius 1 is 0.395 bits per heavy atom. The average Bonchev–Trinajstić information content (AvgIpc) is 3.59. The molecule has 0 atom stereocenters. The van der Waals surface area contributed by atoms with Crippen molar-refractivity contribution in [3.63, 3.8) is 0 Å². The van der Waals surface area contributed by atoms with Gasteiger partial charge in [-0.25, -0.2) is 0 Å². The maximum absolute atomic E-state index is 9.43. The van der Waals surface area contributed by atoms with Crippen LogP contribution in [0, 0.1) is 0 Å². The van der Waals surface area contributed by atoms with Crippen LogP contribution in [0.4, 0.5) is 0 Å². The van der Waals surface area contributed by atoms with Crippen LogP contribution < -0.4 is 0 Å². The summed E-state index contributed by atoms with van der Waals surface area (Å²) in [5, 5.41) is 2.54. The molecule has 0 fully saturated rings. The summed E-state index contributed by atoms with van der Waals surface area (Å²) in [6, 6.07) is 22.8. The number of hydrogen-bond donors (Lipinski definition) is 0. The molecule has 0 radical (unpaired) electrons. The van der Waals surface area contributed by atoms with Crippen molar-refractivity contribution in [1.82, 2.24) is 0 Å². The van der Waals surface area contributed by atoms with Gasteiger partial charge in [0, 0.05) is 10.8 Å². The molecule has 9 rings (SSSR count). The van der Waals surface area contributed by atoms with Crippen molar-refractivity contribution in [2.75, 3.05) is 0 Å². The third kappa shape index (κ3) is 3.79. The molecule has 0 bridgehead atoms. The second-order valence-electron chi connectivity index (χ2n) is 10.4. The minimum absolute atomic E-state index is 0.0245. The van der Waals surface area contributed by atoms with Gasteiger partial charge in [-0.1, -0.05) is 133 Å². The minimum atomic E-state index is -0.597. The lowest BCUT2D eigenvalue weighted by atomic mass is 9.85. The van der Waals surface area contributed by atoms with Gasteiger partial charge in [-0.3, -0.25) is 0 Å². The summed E-state index contributed by atoms with van der Waals surface area (Å²) >= 11 is 0. The zero-order chi connectivity index (χ0) is 37.9. The van der Waals surface area contributed by atoms with Gasteiger partial charge in [0.2, 0.25) is 0 Å². The standard InChI is InChI=1S/C42H26O/c1-2-10-30-25-31(22-19-27(30)9-1)28-17-20-29(21-18-28)41-35-12-3-5-14-37(35)42(38-15-6-4-13-36(38)41)32-23-24-34-33-11-7-8-16-39(33)43-40(34)26-32/h1-26H/i3D,4D,5D,6D,12D,13D,14D,15D,23D,24D,26D. The van der Waals surface area contributed by atoms with Crippen molar-refractivity contribution >= 4 is 54.3 Å². The van der Waals surface area contributed by atoms with Gasteiger partial charge in [-0.2, -0.15) is 0 Å². The fraction of sp³-hybridized carbons (Fsp3) is 0. The smallest absolute Gasteiger partial charge is 0.136 e. The van der Waals surface area contributed by atoms with Crippen LogP contribution in [0.25, 0.3) is 87.6 Å². The molecule has 0 saturated heterocycles. The Labute approximate surface area is 264 Å². The first-order valence-corrected chi connectivity index (χ1v) is 13.9. The van der Waals surface area contributed by atoms with Crippen LogP contribution in [0.3, 0.4) is 0 Å². The first-order valence-electron chi connectivity index (χ1n) is 19.4. The molecular formula is C42H26O. The van der Waals surface area contributed by atoms with Gasteiger partial charge in [0.15, 0.2) is 0 Å². The molecule has 9 aromatic rings. The Bertz CT molecular complexity index is 3030. The molecule has 0 saturated carbocycles. The van der Waals surface area contributed by atoms with Crippen LogP contribution in [0.5, 0.6) is 0 Å². The highest BCUT2D eigenvalue weighted by atomic mass is 16.3. The summed E-state index contributed by atoms with van der Waals surface area (Å²) < 4.78 is 106. The highest BCUT2D eigenvalue weighted by molar-refractivity contribution is 6.22. The monoisotopic (exact) mass is 557 g/mol. The van der Waals surface area contributed by atoms with E-state index in [1.807, 2.05) is 48.5 Å². The van der Waals surface area contributed by atoms with Crippen LogP contribution in [0.15, 0.2) is 162 Å². The number of para-hydroxylation sites is 1. The molecule has 1 heteroatoms. The molecule has 0 amide bonds. The molecule has 200 valence electrons. The van der Waals surface area contributed by atoms with E-state index in [9.17, 15) is 8.22 Å². The van der Waals surface area contributed by atoms with Crippen LogP contribution in [0.2, 0.25) is 0 Å². The summed E-state index contributed by atoms with van der Waals surface area (Å²) in [5.41, 5.74) is 2.33. The summed E-state index contributed by atoms with van der Waals surface area (Å²) in [4.78, 5) is 0. The van der Waals surface area contributed by atoms with E-state index >= 15 is 0 Å². The zero-order valence-corrected chi connectivity index (χ0v) is 22.6. The second-order valence-corrected chi connectivity index (χ2v) is 10.4. The van der Waals surface area contributed by atoms with Gasteiger partial charge in [0.25, 0.3) is 0 Å². The van der Waals surface area contributed by atoms with Gasteiger partial charge in [-0.05, 0) is 89.9 Å². The Morgan fingerprint density at radius 2 is 0.977 bits per heavy atom. The normalized spacial score (nSPS) is 15.3. The molecular weight excluding hydrogens is 520 g/mol. The number of hydrogen-bond acceptors (Lipinski definition) is 1. The zero-order valence-electron chi connectivity index (χ0n) is 33.6. The van der Waals surface area contributed by atoms with Gasteiger partial charge in [0.05, 0.1) is 15.1 Å². The quantitative estimate of drug-likeness (QED) is 0.197. The molecule has 0 aliphatic carbocycles. The Balaban J connectivity index is 1.45. The Morgan fingerprint density at radius 3 is 1.70 bits per heavy atom. The average molecular weight is 558 g/mol. The van der Waals surface area contributed by atoms with Crippen LogP contribution >= 0.6 is 0 Å². The fourth-order valence-electron chi connectivity index (χ4n) is 6.01. The van der Waals surface area contributed by atoms with Crippen molar-refractivity contribution in [3.8, 4) is 33.4 Å². The molecule has 43 heavy (non-hydrogen) atoms. The summed E-state index contributed by atoms with van der Waals surface area (Å²) in [7, 11) is 0. The molecule has 0 unspecified atom stereocenters. The Kier molecular flexibility index (Phi) is 3.41. The SMILES string of the molecule is [2H]c1c([2H])c([2H])c2c(-c3c([2H])c([2H])c4c(oc5ccccc54)c3[2H])c3c([2H])c([2H])c([2H])c([2H])c3c(-c3ccc(-c4ccc5ccccc5c4)cc3)c2c1[2H].